The number of methoxy groups -OCH3 is 1. The molecule has 1 aliphatic heterocycles. The van der Waals surface area contributed by atoms with Crippen LogP contribution >= 0.6 is 0 Å². The summed E-state index contributed by atoms with van der Waals surface area (Å²) in [7, 11) is 1.52. The molecule has 1 amide bonds. The van der Waals surface area contributed by atoms with Crippen molar-refractivity contribution in [1.82, 2.24) is 4.90 Å². The summed E-state index contributed by atoms with van der Waals surface area (Å²) in [5.74, 6) is 0.827. The Morgan fingerprint density at radius 2 is 2.15 bits per heavy atom. The summed E-state index contributed by atoms with van der Waals surface area (Å²) < 4.78 is 15.9. The fourth-order valence-corrected chi connectivity index (χ4v) is 2.05. The van der Waals surface area contributed by atoms with Gasteiger partial charge in [0.05, 0.1) is 26.9 Å². The molecule has 0 aliphatic carbocycles. The number of aliphatic hydroxyl groups is 1. The Morgan fingerprint density at radius 1 is 1.40 bits per heavy atom. The normalized spacial score (nSPS) is 15.0. The highest BCUT2D eigenvalue weighted by Gasteiger charge is 2.18. The van der Waals surface area contributed by atoms with Gasteiger partial charge in [0.15, 0.2) is 18.1 Å². The Balaban J connectivity index is 2.00. The van der Waals surface area contributed by atoms with Gasteiger partial charge in [0.1, 0.15) is 0 Å². The van der Waals surface area contributed by atoms with Crippen LogP contribution in [0.3, 0.4) is 0 Å². The molecule has 1 saturated heterocycles. The Kier molecular flexibility index (Phi) is 5.20. The molecule has 1 aromatic rings. The fourth-order valence-electron chi connectivity index (χ4n) is 2.05. The number of nitrogens with zero attached hydrogens (tertiary/aromatic N) is 1. The minimum absolute atomic E-state index is 0.0760. The summed E-state index contributed by atoms with van der Waals surface area (Å²) in [6.45, 7) is 2.04. The summed E-state index contributed by atoms with van der Waals surface area (Å²) in [6.07, 6.45) is 0. The molecule has 1 fully saturated rings. The van der Waals surface area contributed by atoms with Gasteiger partial charge in [-0.1, -0.05) is 12.1 Å². The molecule has 0 bridgehead atoms. The van der Waals surface area contributed by atoms with Crippen LogP contribution < -0.4 is 9.47 Å². The average molecular weight is 281 g/mol. The topological polar surface area (TPSA) is 68.2 Å². The summed E-state index contributed by atoms with van der Waals surface area (Å²) in [5.41, 5.74) is 0.596. The van der Waals surface area contributed by atoms with E-state index in [2.05, 4.69) is 0 Å². The zero-order chi connectivity index (χ0) is 14.4. The van der Waals surface area contributed by atoms with E-state index in [0.717, 1.165) is 0 Å². The fraction of sp³-hybridized carbons (Fsp3) is 0.500. The lowest BCUT2D eigenvalue weighted by molar-refractivity contribution is -0.137. The predicted octanol–water partition coefficient (Wildman–Crippen LogP) is 0.425. The van der Waals surface area contributed by atoms with Crippen LogP contribution in [-0.2, 0) is 16.1 Å². The lowest BCUT2D eigenvalue weighted by atomic mass is 10.2. The number of morpholine rings is 1. The molecule has 0 unspecified atom stereocenters. The Labute approximate surface area is 117 Å². The average Bonchev–Trinajstić information content (AvgIpc) is 2.52. The SMILES string of the molecule is COc1cccc(CO)c1OCC(=O)N1CCOCC1. The third-order valence-electron chi connectivity index (χ3n) is 3.15. The maximum atomic E-state index is 12.0. The molecule has 0 saturated carbocycles. The van der Waals surface area contributed by atoms with Crippen molar-refractivity contribution < 1.29 is 24.1 Å². The number of hydrogen-bond donors (Lipinski definition) is 1. The zero-order valence-corrected chi connectivity index (χ0v) is 11.5. The molecule has 0 aromatic heterocycles. The monoisotopic (exact) mass is 281 g/mol. The number of carbonyl (C=O) groups excluding carboxylic acids is 1. The van der Waals surface area contributed by atoms with Gasteiger partial charge in [-0.2, -0.15) is 0 Å². The molecule has 110 valence electrons. The molecule has 6 nitrogen and oxygen atoms in total. The predicted molar refractivity (Wildman–Crippen MR) is 71.8 cm³/mol. The third-order valence-corrected chi connectivity index (χ3v) is 3.15. The number of carbonyl (C=O) groups is 1. The van der Waals surface area contributed by atoms with Gasteiger partial charge in [-0.15, -0.1) is 0 Å². The molecular formula is C14H19NO5. The summed E-state index contributed by atoms with van der Waals surface area (Å²) in [6, 6.07) is 5.23. The summed E-state index contributed by atoms with van der Waals surface area (Å²) in [5, 5.41) is 9.30. The third kappa shape index (κ3) is 3.40. The van der Waals surface area contributed by atoms with E-state index in [1.807, 2.05) is 0 Å². The second-order valence-corrected chi connectivity index (χ2v) is 4.39. The Bertz CT molecular complexity index is 435. The van der Waals surface area contributed by atoms with Crippen LogP contribution in [0.5, 0.6) is 11.5 Å². The van der Waals surface area contributed by atoms with E-state index in [-0.39, 0.29) is 19.1 Å². The van der Waals surface area contributed by atoms with Gasteiger partial charge in [-0.25, -0.2) is 0 Å². The molecular weight excluding hydrogens is 262 g/mol. The smallest absolute Gasteiger partial charge is 0.260 e. The second-order valence-electron chi connectivity index (χ2n) is 4.39. The van der Waals surface area contributed by atoms with Crippen LogP contribution in [-0.4, -0.2) is 55.9 Å². The number of aliphatic hydroxyl groups excluding tert-OH is 1. The quantitative estimate of drug-likeness (QED) is 0.847. The molecule has 1 heterocycles. The van der Waals surface area contributed by atoms with Crippen molar-refractivity contribution >= 4 is 5.91 Å². The number of amides is 1. The summed E-state index contributed by atoms with van der Waals surface area (Å²) >= 11 is 0. The van der Waals surface area contributed by atoms with E-state index in [9.17, 15) is 9.90 Å². The lowest BCUT2D eigenvalue weighted by Gasteiger charge is -2.27. The molecule has 0 radical (unpaired) electrons. The van der Waals surface area contributed by atoms with Crippen LogP contribution in [0, 0.1) is 0 Å². The molecule has 0 spiro atoms. The number of para-hydroxylation sites is 1. The van der Waals surface area contributed by atoms with Gasteiger partial charge in [0, 0.05) is 18.7 Å². The second kappa shape index (κ2) is 7.12. The van der Waals surface area contributed by atoms with Crippen molar-refractivity contribution in [2.24, 2.45) is 0 Å². The van der Waals surface area contributed by atoms with Crippen molar-refractivity contribution in [1.29, 1.82) is 0 Å². The first kappa shape index (κ1) is 14.6. The minimum atomic E-state index is -0.168. The van der Waals surface area contributed by atoms with E-state index >= 15 is 0 Å². The summed E-state index contributed by atoms with van der Waals surface area (Å²) in [4.78, 5) is 13.7. The van der Waals surface area contributed by atoms with E-state index < -0.39 is 0 Å². The van der Waals surface area contributed by atoms with E-state index in [4.69, 9.17) is 14.2 Å². The highest BCUT2D eigenvalue weighted by molar-refractivity contribution is 5.78. The Morgan fingerprint density at radius 3 is 2.80 bits per heavy atom. The molecule has 0 atom stereocenters. The van der Waals surface area contributed by atoms with Crippen molar-refractivity contribution in [3.05, 3.63) is 23.8 Å². The van der Waals surface area contributed by atoms with Gasteiger partial charge < -0.3 is 24.2 Å². The maximum absolute atomic E-state index is 12.0. The number of rotatable bonds is 5. The van der Waals surface area contributed by atoms with Crippen LogP contribution in [0.2, 0.25) is 0 Å². The highest BCUT2D eigenvalue weighted by Crippen LogP contribution is 2.31. The van der Waals surface area contributed by atoms with Crippen molar-refractivity contribution in [2.75, 3.05) is 40.0 Å². The lowest BCUT2D eigenvalue weighted by Crippen LogP contribution is -2.43. The minimum Gasteiger partial charge on any atom is -0.493 e. The first-order chi connectivity index (χ1) is 9.76. The number of hydrogen-bond acceptors (Lipinski definition) is 5. The Hall–Kier alpha value is -1.79. The van der Waals surface area contributed by atoms with E-state index in [1.54, 1.807) is 23.1 Å². The van der Waals surface area contributed by atoms with Gasteiger partial charge in [-0.05, 0) is 6.07 Å². The van der Waals surface area contributed by atoms with Crippen molar-refractivity contribution in [2.45, 2.75) is 6.61 Å². The zero-order valence-electron chi connectivity index (χ0n) is 11.5. The first-order valence-corrected chi connectivity index (χ1v) is 6.51. The van der Waals surface area contributed by atoms with Crippen LogP contribution in [0.1, 0.15) is 5.56 Å². The van der Waals surface area contributed by atoms with Crippen molar-refractivity contribution in [3.8, 4) is 11.5 Å². The molecule has 1 aromatic carbocycles. The van der Waals surface area contributed by atoms with Gasteiger partial charge in [0.25, 0.3) is 5.91 Å². The largest absolute Gasteiger partial charge is 0.493 e. The standard InChI is InChI=1S/C14H19NO5/c1-18-12-4-2-3-11(9-16)14(12)20-10-13(17)15-5-7-19-8-6-15/h2-4,16H,5-10H2,1H3. The van der Waals surface area contributed by atoms with E-state index in [1.165, 1.54) is 7.11 Å². The molecule has 20 heavy (non-hydrogen) atoms. The number of ether oxygens (including phenoxy) is 3. The molecule has 2 rings (SSSR count). The molecule has 1 N–H and O–H groups in total. The maximum Gasteiger partial charge on any atom is 0.260 e. The van der Waals surface area contributed by atoms with Gasteiger partial charge in [-0.3, -0.25) is 4.79 Å². The van der Waals surface area contributed by atoms with Crippen LogP contribution in [0.4, 0.5) is 0 Å². The van der Waals surface area contributed by atoms with Gasteiger partial charge in [0.2, 0.25) is 0 Å². The van der Waals surface area contributed by atoms with Crippen LogP contribution in [0.25, 0.3) is 0 Å². The first-order valence-electron chi connectivity index (χ1n) is 6.51. The molecule has 1 aliphatic rings. The number of benzene rings is 1. The molecule has 6 heteroatoms. The van der Waals surface area contributed by atoms with Gasteiger partial charge >= 0.3 is 0 Å². The van der Waals surface area contributed by atoms with Crippen LogP contribution in [0.15, 0.2) is 18.2 Å². The highest BCUT2D eigenvalue weighted by atomic mass is 16.5. The van der Waals surface area contributed by atoms with Crippen molar-refractivity contribution in [3.63, 3.8) is 0 Å². The van der Waals surface area contributed by atoms with E-state index in [0.29, 0.717) is 43.4 Å².